The molecule has 70 valence electrons. The first-order valence-corrected chi connectivity index (χ1v) is 4.94. The third-order valence-electron chi connectivity index (χ3n) is 1.93. The Morgan fingerprint density at radius 3 is 2.69 bits per heavy atom. The molecule has 0 aromatic heterocycles. The Morgan fingerprint density at radius 1 is 1.54 bits per heavy atom. The van der Waals surface area contributed by atoms with E-state index in [9.17, 15) is 4.79 Å². The summed E-state index contributed by atoms with van der Waals surface area (Å²) in [5.41, 5.74) is 2.21. The molecule has 2 nitrogen and oxygen atoms in total. The van der Waals surface area contributed by atoms with E-state index in [0.29, 0.717) is 6.42 Å². The molecule has 0 spiro atoms. The SMILES string of the molecule is Cc1ccccc1CC(Br)C(=O)O. The number of rotatable bonds is 3. The molecule has 3 heteroatoms. The second-order valence-electron chi connectivity index (χ2n) is 2.94. The van der Waals surface area contributed by atoms with Crippen molar-refractivity contribution in [3.63, 3.8) is 0 Å². The van der Waals surface area contributed by atoms with E-state index in [1.54, 1.807) is 0 Å². The molecule has 1 aromatic carbocycles. The number of alkyl halides is 1. The lowest BCUT2D eigenvalue weighted by atomic mass is 10.0. The molecule has 1 atom stereocenters. The monoisotopic (exact) mass is 242 g/mol. The lowest BCUT2D eigenvalue weighted by molar-refractivity contribution is -0.136. The molecule has 1 unspecified atom stereocenters. The van der Waals surface area contributed by atoms with Crippen LogP contribution in [-0.2, 0) is 11.2 Å². The molecule has 0 fully saturated rings. The zero-order valence-electron chi connectivity index (χ0n) is 7.33. The molecule has 1 aromatic rings. The van der Waals surface area contributed by atoms with Crippen LogP contribution in [0.2, 0.25) is 0 Å². The lowest BCUT2D eigenvalue weighted by Crippen LogP contribution is -2.15. The Labute approximate surface area is 85.7 Å². The smallest absolute Gasteiger partial charge is 0.317 e. The fourth-order valence-corrected chi connectivity index (χ4v) is 1.47. The van der Waals surface area contributed by atoms with Crippen LogP contribution < -0.4 is 0 Å². The number of carbonyl (C=O) groups is 1. The van der Waals surface area contributed by atoms with E-state index in [1.165, 1.54) is 0 Å². The maximum Gasteiger partial charge on any atom is 0.317 e. The van der Waals surface area contributed by atoms with E-state index in [2.05, 4.69) is 15.9 Å². The molecule has 0 amide bonds. The number of halogens is 1. The standard InChI is InChI=1S/C10H11BrO2/c1-7-4-2-3-5-8(7)6-9(11)10(12)13/h2-5,9H,6H2,1H3,(H,12,13). The van der Waals surface area contributed by atoms with Gasteiger partial charge in [0.15, 0.2) is 0 Å². The van der Waals surface area contributed by atoms with Gasteiger partial charge in [0, 0.05) is 0 Å². The van der Waals surface area contributed by atoms with Crippen molar-refractivity contribution in [3.05, 3.63) is 35.4 Å². The third kappa shape index (κ3) is 2.84. The minimum Gasteiger partial charge on any atom is -0.480 e. The molecular weight excluding hydrogens is 232 g/mol. The van der Waals surface area contributed by atoms with Crippen LogP contribution in [0, 0.1) is 6.92 Å². The highest BCUT2D eigenvalue weighted by atomic mass is 79.9. The quantitative estimate of drug-likeness (QED) is 0.827. The zero-order chi connectivity index (χ0) is 9.84. The molecule has 0 heterocycles. The van der Waals surface area contributed by atoms with Crippen molar-refractivity contribution < 1.29 is 9.90 Å². The van der Waals surface area contributed by atoms with Crippen molar-refractivity contribution in [3.8, 4) is 0 Å². The van der Waals surface area contributed by atoms with Crippen LogP contribution >= 0.6 is 15.9 Å². The van der Waals surface area contributed by atoms with Crippen molar-refractivity contribution in [1.82, 2.24) is 0 Å². The van der Waals surface area contributed by atoms with Crippen molar-refractivity contribution >= 4 is 21.9 Å². The fraction of sp³-hybridized carbons (Fsp3) is 0.300. The molecule has 0 aliphatic heterocycles. The van der Waals surface area contributed by atoms with Crippen LogP contribution in [0.4, 0.5) is 0 Å². The van der Waals surface area contributed by atoms with E-state index in [-0.39, 0.29) is 0 Å². The van der Waals surface area contributed by atoms with Gasteiger partial charge in [0.25, 0.3) is 0 Å². The zero-order valence-corrected chi connectivity index (χ0v) is 8.91. The van der Waals surface area contributed by atoms with E-state index in [1.807, 2.05) is 31.2 Å². The number of aryl methyl sites for hydroxylation is 1. The van der Waals surface area contributed by atoms with Crippen molar-refractivity contribution in [1.29, 1.82) is 0 Å². The van der Waals surface area contributed by atoms with Gasteiger partial charge in [0.2, 0.25) is 0 Å². The summed E-state index contributed by atoms with van der Waals surface area (Å²) in [5, 5.41) is 8.69. The van der Waals surface area contributed by atoms with Gasteiger partial charge in [-0.3, -0.25) is 4.79 Å². The molecule has 1 rings (SSSR count). The average molecular weight is 243 g/mol. The van der Waals surface area contributed by atoms with Gasteiger partial charge < -0.3 is 5.11 Å². The summed E-state index contributed by atoms with van der Waals surface area (Å²) in [6.45, 7) is 1.98. The van der Waals surface area contributed by atoms with Gasteiger partial charge in [-0.05, 0) is 24.5 Å². The Morgan fingerprint density at radius 2 is 2.15 bits per heavy atom. The third-order valence-corrected chi connectivity index (χ3v) is 2.64. The van der Waals surface area contributed by atoms with Crippen molar-refractivity contribution in [2.75, 3.05) is 0 Å². The predicted octanol–water partition coefficient (Wildman–Crippen LogP) is 2.39. The topological polar surface area (TPSA) is 37.3 Å². The molecule has 0 aliphatic carbocycles. The van der Waals surface area contributed by atoms with Gasteiger partial charge in [-0.2, -0.15) is 0 Å². The van der Waals surface area contributed by atoms with Crippen molar-refractivity contribution in [2.24, 2.45) is 0 Å². The van der Waals surface area contributed by atoms with Crippen molar-refractivity contribution in [2.45, 2.75) is 18.2 Å². The molecule has 0 bridgehead atoms. The Hall–Kier alpha value is -0.830. The number of hydrogen-bond donors (Lipinski definition) is 1. The minimum atomic E-state index is -0.816. The highest BCUT2D eigenvalue weighted by Crippen LogP contribution is 2.13. The predicted molar refractivity (Wildman–Crippen MR) is 55.2 cm³/mol. The Balaban J connectivity index is 2.74. The van der Waals surface area contributed by atoms with Crippen LogP contribution in [0.15, 0.2) is 24.3 Å². The van der Waals surface area contributed by atoms with Crippen LogP contribution in [0.25, 0.3) is 0 Å². The Kier molecular flexibility index (Phi) is 3.48. The van der Waals surface area contributed by atoms with Gasteiger partial charge in [0.1, 0.15) is 4.83 Å². The summed E-state index contributed by atoms with van der Waals surface area (Å²) in [7, 11) is 0. The van der Waals surface area contributed by atoms with Gasteiger partial charge in [-0.25, -0.2) is 0 Å². The number of carboxylic acids is 1. The number of carboxylic acid groups (broad SMARTS) is 1. The molecular formula is C10H11BrO2. The first kappa shape index (κ1) is 10.3. The van der Waals surface area contributed by atoms with Crippen LogP contribution in [0.3, 0.4) is 0 Å². The molecule has 0 aliphatic rings. The molecule has 0 radical (unpaired) electrons. The van der Waals surface area contributed by atoms with Gasteiger partial charge >= 0.3 is 5.97 Å². The minimum absolute atomic E-state index is 0.492. The average Bonchev–Trinajstić information content (AvgIpc) is 2.08. The maximum atomic E-state index is 10.6. The molecule has 0 saturated heterocycles. The van der Waals surface area contributed by atoms with Gasteiger partial charge in [-0.15, -0.1) is 0 Å². The summed E-state index contributed by atoms with van der Waals surface area (Å²) >= 11 is 3.11. The fourth-order valence-electron chi connectivity index (χ4n) is 1.12. The largest absolute Gasteiger partial charge is 0.480 e. The lowest BCUT2D eigenvalue weighted by Gasteiger charge is -2.07. The van der Waals surface area contributed by atoms with E-state index >= 15 is 0 Å². The normalized spacial score (nSPS) is 12.5. The van der Waals surface area contributed by atoms with Gasteiger partial charge in [0.05, 0.1) is 0 Å². The van der Waals surface area contributed by atoms with Crippen LogP contribution in [-0.4, -0.2) is 15.9 Å². The number of benzene rings is 1. The summed E-state index contributed by atoms with van der Waals surface area (Å²) in [6, 6.07) is 7.80. The van der Waals surface area contributed by atoms with Crippen LogP contribution in [0.5, 0.6) is 0 Å². The highest BCUT2D eigenvalue weighted by Gasteiger charge is 2.14. The highest BCUT2D eigenvalue weighted by molar-refractivity contribution is 9.10. The van der Waals surface area contributed by atoms with E-state index < -0.39 is 10.8 Å². The maximum absolute atomic E-state index is 10.6. The van der Waals surface area contributed by atoms with E-state index in [0.717, 1.165) is 11.1 Å². The summed E-state index contributed by atoms with van der Waals surface area (Å²) in [4.78, 5) is 10.1. The number of aliphatic carboxylic acids is 1. The molecule has 13 heavy (non-hydrogen) atoms. The van der Waals surface area contributed by atoms with E-state index in [4.69, 9.17) is 5.11 Å². The first-order valence-electron chi connectivity index (χ1n) is 4.02. The molecule has 0 saturated carbocycles. The molecule has 1 N–H and O–H groups in total. The second kappa shape index (κ2) is 4.42. The van der Waals surface area contributed by atoms with Gasteiger partial charge in [-0.1, -0.05) is 40.2 Å². The second-order valence-corrected chi connectivity index (χ2v) is 4.04. The first-order chi connectivity index (χ1) is 6.11. The van der Waals surface area contributed by atoms with Crippen LogP contribution in [0.1, 0.15) is 11.1 Å². The summed E-state index contributed by atoms with van der Waals surface area (Å²) < 4.78 is 0. The number of hydrogen-bond acceptors (Lipinski definition) is 1. The summed E-state index contributed by atoms with van der Waals surface area (Å²) in [5.74, 6) is -0.816. The summed E-state index contributed by atoms with van der Waals surface area (Å²) in [6.07, 6.45) is 0.530. The Bertz CT molecular complexity index is 310.